The van der Waals surface area contributed by atoms with Crippen LogP contribution in [0.4, 0.5) is 0 Å². The van der Waals surface area contributed by atoms with Crippen LogP contribution in [0.1, 0.15) is 17.4 Å². The normalized spacial score (nSPS) is 10.1. The van der Waals surface area contributed by atoms with Crippen LogP contribution in [0.3, 0.4) is 0 Å². The molecule has 2 rings (SSSR count). The molecule has 0 saturated carbocycles. The Bertz CT molecular complexity index is 477. The van der Waals surface area contributed by atoms with Gasteiger partial charge >= 0.3 is 5.97 Å². The van der Waals surface area contributed by atoms with E-state index in [9.17, 15) is 4.79 Å². The molecular formula is C12H12N2O2. The number of aromatic nitrogens is 2. The summed E-state index contributed by atoms with van der Waals surface area (Å²) in [7, 11) is 0. The van der Waals surface area contributed by atoms with Crippen molar-refractivity contribution in [3.8, 4) is 5.69 Å². The highest BCUT2D eigenvalue weighted by molar-refractivity contribution is 5.87. The second-order valence-corrected chi connectivity index (χ2v) is 3.20. The summed E-state index contributed by atoms with van der Waals surface area (Å²) >= 11 is 0. The van der Waals surface area contributed by atoms with Crippen molar-refractivity contribution in [1.82, 2.24) is 9.78 Å². The van der Waals surface area contributed by atoms with Crippen molar-refractivity contribution in [3.05, 3.63) is 48.3 Å². The van der Waals surface area contributed by atoms with Gasteiger partial charge in [0, 0.05) is 6.20 Å². The largest absolute Gasteiger partial charge is 0.461 e. The number of rotatable bonds is 3. The average molecular weight is 216 g/mol. The van der Waals surface area contributed by atoms with E-state index in [-0.39, 0.29) is 0 Å². The monoisotopic (exact) mass is 216 g/mol. The Balaban J connectivity index is 2.23. The first-order chi connectivity index (χ1) is 7.81. The van der Waals surface area contributed by atoms with Crippen molar-refractivity contribution in [2.75, 3.05) is 6.61 Å². The zero-order valence-electron chi connectivity index (χ0n) is 8.96. The van der Waals surface area contributed by atoms with E-state index < -0.39 is 5.97 Å². The molecule has 0 aliphatic heterocycles. The predicted molar refractivity (Wildman–Crippen MR) is 59.5 cm³/mol. The summed E-state index contributed by atoms with van der Waals surface area (Å²) in [5.74, 6) is -0.391. The molecule has 0 unspecified atom stereocenters. The van der Waals surface area contributed by atoms with E-state index in [1.54, 1.807) is 23.9 Å². The molecule has 0 saturated heterocycles. The van der Waals surface area contributed by atoms with Crippen LogP contribution in [-0.2, 0) is 4.74 Å². The zero-order valence-corrected chi connectivity index (χ0v) is 8.96. The Kier molecular flexibility index (Phi) is 3.00. The van der Waals surface area contributed by atoms with E-state index in [4.69, 9.17) is 4.74 Å². The SMILES string of the molecule is CCOC(=O)c1ccn(-c2ccccc2)n1. The maximum atomic E-state index is 11.4. The fourth-order valence-corrected chi connectivity index (χ4v) is 1.36. The van der Waals surface area contributed by atoms with E-state index in [0.29, 0.717) is 12.3 Å². The quantitative estimate of drug-likeness (QED) is 0.737. The molecule has 0 bridgehead atoms. The Morgan fingerprint density at radius 1 is 1.31 bits per heavy atom. The van der Waals surface area contributed by atoms with Crippen LogP contribution >= 0.6 is 0 Å². The van der Waals surface area contributed by atoms with Crippen molar-refractivity contribution >= 4 is 5.97 Å². The lowest BCUT2D eigenvalue weighted by atomic mass is 10.3. The van der Waals surface area contributed by atoms with Gasteiger partial charge in [0.05, 0.1) is 12.3 Å². The average Bonchev–Trinajstić information content (AvgIpc) is 2.80. The van der Waals surface area contributed by atoms with Crippen LogP contribution in [0.5, 0.6) is 0 Å². The van der Waals surface area contributed by atoms with Crippen molar-refractivity contribution in [3.63, 3.8) is 0 Å². The fraction of sp³-hybridized carbons (Fsp3) is 0.167. The first-order valence-electron chi connectivity index (χ1n) is 5.09. The van der Waals surface area contributed by atoms with Gasteiger partial charge in [-0.2, -0.15) is 5.10 Å². The number of para-hydroxylation sites is 1. The Morgan fingerprint density at radius 3 is 2.75 bits per heavy atom. The van der Waals surface area contributed by atoms with Crippen LogP contribution in [0.15, 0.2) is 42.6 Å². The molecule has 0 amide bonds. The molecule has 0 radical (unpaired) electrons. The molecule has 1 aromatic heterocycles. The Morgan fingerprint density at radius 2 is 2.06 bits per heavy atom. The van der Waals surface area contributed by atoms with Crippen LogP contribution in [0.2, 0.25) is 0 Å². The van der Waals surface area contributed by atoms with Crippen LogP contribution in [-0.4, -0.2) is 22.4 Å². The first kappa shape index (κ1) is 10.4. The number of nitrogens with zero attached hydrogens (tertiary/aromatic N) is 2. The van der Waals surface area contributed by atoms with E-state index in [1.165, 1.54) is 0 Å². The molecule has 4 heteroatoms. The maximum Gasteiger partial charge on any atom is 0.358 e. The number of hydrogen-bond donors (Lipinski definition) is 0. The predicted octanol–water partition coefficient (Wildman–Crippen LogP) is 2.05. The van der Waals surface area contributed by atoms with Gasteiger partial charge in [-0.1, -0.05) is 18.2 Å². The van der Waals surface area contributed by atoms with E-state index >= 15 is 0 Å². The molecule has 16 heavy (non-hydrogen) atoms. The highest BCUT2D eigenvalue weighted by Gasteiger charge is 2.10. The van der Waals surface area contributed by atoms with Crippen molar-refractivity contribution in [2.24, 2.45) is 0 Å². The summed E-state index contributed by atoms with van der Waals surface area (Å²) in [6, 6.07) is 11.2. The lowest BCUT2D eigenvalue weighted by molar-refractivity contribution is 0.0519. The van der Waals surface area contributed by atoms with Crippen LogP contribution < -0.4 is 0 Å². The number of esters is 1. The topological polar surface area (TPSA) is 44.1 Å². The number of carbonyl (C=O) groups is 1. The van der Waals surface area contributed by atoms with Gasteiger partial charge in [-0.3, -0.25) is 0 Å². The minimum Gasteiger partial charge on any atom is -0.461 e. The number of carbonyl (C=O) groups excluding carboxylic acids is 1. The number of benzene rings is 1. The molecule has 0 aliphatic carbocycles. The fourth-order valence-electron chi connectivity index (χ4n) is 1.36. The van der Waals surface area contributed by atoms with Gasteiger partial charge in [0.25, 0.3) is 0 Å². The smallest absolute Gasteiger partial charge is 0.358 e. The molecule has 4 nitrogen and oxygen atoms in total. The summed E-state index contributed by atoms with van der Waals surface area (Å²) in [4.78, 5) is 11.4. The minimum absolute atomic E-state index is 0.325. The highest BCUT2D eigenvalue weighted by atomic mass is 16.5. The summed E-state index contributed by atoms with van der Waals surface area (Å²) < 4.78 is 6.51. The highest BCUT2D eigenvalue weighted by Crippen LogP contribution is 2.07. The van der Waals surface area contributed by atoms with Crippen molar-refractivity contribution in [1.29, 1.82) is 0 Å². The van der Waals surface area contributed by atoms with Gasteiger partial charge in [0.2, 0.25) is 0 Å². The Labute approximate surface area is 93.5 Å². The van der Waals surface area contributed by atoms with E-state index in [1.807, 2.05) is 30.3 Å². The molecule has 1 aromatic carbocycles. The third-order valence-electron chi connectivity index (χ3n) is 2.09. The number of hydrogen-bond acceptors (Lipinski definition) is 3. The van der Waals surface area contributed by atoms with Gasteiger partial charge < -0.3 is 4.74 Å². The van der Waals surface area contributed by atoms with Crippen molar-refractivity contribution < 1.29 is 9.53 Å². The first-order valence-corrected chi connectivity index (χ1v) is 5.09. The standard InChI is InChI=1S/C12H12N2O2/c1-2-16-12(15)11-8-9-14(13-11)10-6-4-3-5-7-10/h3-9H,2H2,1H3. The lowest BCUT2D eigenvalue weighted by Gasteiger charge is -2.00. The summed E-state index contributed by atoms with van der Waals surface area (Å²) in [6.07, 6.45) is 1.74. The summed E-state index contributed by atoms with van der Waals surface area (Å²) in [5.41, 5.74) is 1.24. The Hall–Kier alpha value is -2.10. The summed E-state index contributed by atoms with van der Waals surface area (Å²) in [5, 5.41) is 4.14. The van der Waals surface area contributed by atoms with Gasteiger partial charge in [-0.25, -0.2) is 9.48 Å². The molecule has 0 spiro atoms. The van der Waals surface area contributed by atoms with Crippen LogP contribution in [0.25, 0.3) is 5.69 Å². The molecule has 0 aliphatic rings. The van der Waals surface area contributed by atoms with E-state index in [2.05, 4.69) is 5.10 Å². The molecule has 0 fully saturated rings. The zero-order chi connectivity index (χ0) is 11.4. The third kappa shape index (κ3) is 2.11. The maximum absolute atomic E-state index is 11.4. The van der Waals surface area contributed by atoms with Gasteiger partial charge in [-0.05, 0) is 25.1 Å². The molecule has 0 atom stereocenters. The minimum atomic E-state index is -0.391. The van der Waals surface area contributed by atoms with Gasteiger partial charge in [-0.15, -0.1) is 0 Å². The molecule has 82 valence electrons. The molecule has 2 aromatic rings. The van der Waals surface area contributed by atoms with Gasteiger partial charge in [0.1, 0.15) is 0 Å². The molecule has 1 heterocycles. The second kappa shape index (κ2) is 4.61. The molecular weight excluding hydrogens is 204 g/mol. The van der Waals surface area contributed by atoms with Crippen molar-refractivity contribution in [2.45, 2.75) is 6.92 Å². The lowest BCUT2D eigenvalue weighted by Crippen LogP contribution is -2.06. The third-order valence-corrected chi connectivity index (χ3v) is 2.09. The second-order valence-electron chi connectivity index (χ2n) is 3.20. The molecule has 0 N–H and O–H groups in total. The van der Waals surface area contributed by atoms with Crippen LogP contribution in [0, 0.1) is 0 Å². The summed E-state index contributed by atoms with van der Waals surface area (Å²) in [6.45, 7) is 2.13. The van der Waals surface area contributed by atoms with Gasteiger partial charge in [0.15, 0.2) is 5.69 Å². The number of ether oxygens (including phenoxy) is 1. The van der Waals surface area contributed by atoms with E-state index in [0.717, 1.165) is 5.69 Å².